The third kappa shape index (κ3) is 2.53. The van der Waals surface area contributed by atoms with Gasteiger partial charge in [-0.3, -0.25) is 0 Å². The van der Waals surface area contributed by atoms with Gasteiger partial charge in [-0.25, -0.2) is 8.78 Å². The standard InChI is InChI=1S/C10H10F2O2/c1-2-8(6-13)14-10-4-3-7(11)5-9(10)12/h2-5,8,13H,1,6H2. The molecule has 76 valence electrons. The maximum Gasteiger partial charge on any atom is 0.168 e. The second-order valence-corrected chi connectivity index (χ2v) is 2.65. The molecule has 0 aliphatic heterocycles. The fraction of sp³-hybridized carbons (Fsp3) is 0.200. The molecule has 0 saturated heterocycles. The van der Waals surface area contributed by atoms with Crippen LogP contribution in [0.15, 0.2) is 30.9 Å². The highest BCUT2D eigenvalue weighted by Gasteiger charge is 2.09. The van der Waals surface area contributed by atoms with Gasteiger partial charge in [0.2, 0.25) is 0 Å². The number of aliphatic hydroxyl groups is 1. The monoisotopic (exact) mass is 200 g/mol. The third-order valence-corrected chi connectivity index (χ3v) is 1.62. The van der Waals surface area contributed by atoms with Crippen LogP contribution in [0.4, 0.5) is 8.78 Å². The van der Waals surface area contributed by atoms with Crippen molar-refractivity contribution in [2.24, 2.45) is 0 Å². The molecule has 0 saturated carbocycles. The molecule has 1 rings (SSSR count). The van der Waals surface area contributed by atoms with E-state index in [1.807, 2.05) is 0 Å². The summed E-state index contributed by atoms with van der Waals surface area (Å²) in [6, 6.07) is 2.96. The normalized spacial score (nSPS) is 12.2. The third-order valence-electron chi connectivity index (χ3n) is 1.62. The molecule has 0 fully saturated rings. The summed E-state index contributed by atoms with van der Waals surface area (Å²) >= 11 is 0. The van der Waals surface area contributed by atoms with Crippen molar-refractivity contribution in [1.82, 2.24) is 0 Å². The molecule has 1 unspecified atom stereocenters. The van der Waals surface area contributed by atoms with E-state index in [9.17, 15) is 8.78 Å². The molecule has 2 nitrogen and oxygen atoms in total. The van der Waals surface area contributed by atoms with Crippen LogP contribution in [0.3, 0.4) is 0 Å². The Balaban J connectivity index is 2.80. The van der Waals surface area contributed by atoms with Gasteiger partial charge in [-0.05, 0) is 18.2 Å². The van der Waals surface area contributed by atoms with Crippen molar-refractivity contribution in [3.05, 3.63) is 42.5 Å². The Hall–Kier alpha value is -1.42. The summed E-state index contributed by atoms with van der Waals surface area (Å²) < 4.78 is 30.5. The Morgan fingerprint density at radius 1 is 1.50 bits per heavy atom. The molecule has 0 amide bonds. The zero-order valence-electron chi connectivity index (χ0n) is 7.41. The summed E-state index contributed by atoms with van der Waals surface area (Å²) in [5, 5.41) is 8.74. The minimum atomic E-state index is -0.801. The Morgan fingerprint density at radius 2 is 2.21 bits per heavy atom. The van der Waals surface area contributed by atoms with Crippen molar-refractivity contribution < 1.29 is 18.6 Å². The fourth-order valence-corrected chi connectivity index (χ4v) is 0.894. The quantitative estimate of drug-likeness (QED) is 0.752. The summed E-state index contributed by atoms with van der Waals surface area (Å²) in [4.78, 5) is 0. The first-order chi connectivity index (χ1) is 6.67. The van der Waals surface area contributed by atoms with Crippen molar-refractivity contribution in [1.29, 1.82) is 0 Å². The lowest BCUT2D eigenvalue weighted by atomic mass is 10.3. The van der Waals surface area contributed by atoms with Crippen LogP contribution in [0.2, 0.25) is 0 Å². The molecular formula is C10H10F2O2. The maximum atomic E-state index is 13.0. The van der Waals surface area contributed by atoms with Crippen molar-refractivity contribution in [2.45, 2.75) is 6.10 Å². The van der Waals surface area contributed by atoms with Crippen LogP contribution in [0.25, 0.3) is 0 Å². The molecule has 1 atom stereocenters. The van der Waals surface area contributed by atoms with Crippen LogP contribution >= 0.6 is 0 Å². The van der Waals surface area contributed by atoms with Crippen molar-refractivity contribution in [3.8, 4) is 5.75 Å². The highest BCUT2D eigenvalue weighted by atomic mass is 19.1. The van der Waals surface area contributed by atoms with Crippen LogP contribution < -0.4 is 4.74 Å². The van der Waals surface area contributed by atoms with Crippen molar-refractivity contribution in [2.75, 3.05) is 6.61 Å². The van der Waals surface area contributed by atoms with E-state index in [4.69, 9.17) is 9.84 Å². The van der Waals surface area contributed by atoms with E-state index in [0.29, 0.717) is 6.07 Å². The summed E-state index contributed by atoms with van der Waals surface area (Å²) in [6.07, 6.45) is 0.651. The molecule has 0 spiro atoms. The number of halogens is 2. The number of rotatable bonds is 4. The number of ether oxygens (including phenoxy) is 1. The Kier molecular flexibility index (Phi) is 3.59. The van der Waals surface area contributed by atoms with Crippen molar-refractivity contribution in [3.63, 3.8) is 0 Å². The Morgan fingerprint density at radius 3 is 2.71 bits per heavy atom. The second kappa shape index (κ2) is 4.72. The van der Waals surface area contributed by atoms with Crippen LogP contribution in [0.5, 0.6) is 5.75 Å². The maximum absolute atomic E-state index is 13.0. The van der Waals surface area contributed by atoms with E-state index in [2.05, 4.69) is 6.58 Å². The SMILES string of the molecule is C=CC(CO)Oc1ccc(F)cc1F. The van der Waals surface area contributed by atoms with Gasteiger partial charge in [0.1, 0.15) is 11.9 Å². The average molecular weight is 200 g/mol. The Labute approximate surface area is 80.4 Å². The summed E-state index contributed by atoms with van der Waals surface area (Å²) in [6.45, 7) is 3.09. The van der Waals surface area contributed by atoms with Gasteiger partial charge in [-0.1, -0.05) is 6.58 Å². The van der Waals surface area contributed by atoms with Crippen LogP contribution in [-0.4, -0.2) is 17.8 Å². The van der Waals surface area contributed by atoms with Gasteiger partial charge < -0.3 is 9.84 Å². The molecule has 1 aromatic carbocycles. The molecule has 0 bridgehead atoms. The number of hydrogen-bond acceptors (Lipinski definition) is 2. The van der Waals surface area contributed by atoms with Crippen LogP contribution in [-0.2, 0) is 0 Å². The first-order valence-corrected chi connectivity index (χ1v) is 4.02. The molecular weight excluding hydrogens is 190 g/mol. The lowest BCUT2D eigenvalue weighted by Gasteiger charge is -2.12. The predicted octanol–water partition coefficient (Wildman–Crippen LogP) is 1.89. The van der Waals surface area contributed by atoms with Gasteiger partial charge in [0.15, 0.2) is 11.6 Å². The largest absolute Gasteiger partial charge is 0.481 e. The van der Waals surface area contributed by atoms with E-state index in [-0.39, 0.29) is 12.4 Å². The highest BCUT2D eigenvalue weighted by Crippen LogP contribution is 2.18. The molecule has 0 aliphatic carbocycles. The zero-order valence-corrected chi connectivity index (χ0v) is 7.41. The Bertz CT molecular complexity index is 326. The second-order valence-electron chi connectivity index (χ2n) is 2.65. The van der Waals surface area contributed by atoms with Crippen LogP contribution in [0, 0.1) is 11.6 Å². The lowest BCUT2D eigenvalue weighted by Crippen LogP contribution is -2.18. The summed E-state index contributed by atoms with van der Waals surface area (Å²) in [5.41, 5.74) is 0. The van der Waals surface area contributed by atoms with Gasteiger partial charge >= 0.3 is 0 Å². The minimum absolute atomic E-state index is 0.106. The first-order valence-electron chi connectivity index (χ1n) is 4.02. The van der Waals surface area contributed by atoms with E-state index in [0.717, 1.165) is 12.1 Å². The summed E-state index contributed by atoms with van der Waals surface area (Å²) in [7, 11) is 0. The number of hydrogen-bond donors (Lipinski definition) is 1. The molecule has 0 heterocycles. The van der Waals surface area contributed by atoms with E-state index < -0.39 is 17.7 Å². The molecule has 1 N–H and O–H groups in total. The van der Waals surface area contributed by atoms with Gasteiger partial charge in [0, 0.05) is 6.07 Å². The fourth-order valence-electron chi connectivity index (χ4n) is 0.894. The molecule has 4 heteroatoms. The first kappa shape index (κ1) is 10.7. The summed E-state index contributed by atoms with van der Waals surface area (Å²) in [5.74, 6) is -1.58. The van der Waals surface area contributed by atoms with Gasteiger partial charge in [-0.2, -0.15) is 0 Å². The van der Waals surface area contributed by atoms with Crippen molar-refractivity contribution >= 4 is 0 Å². The van der Waals surface area contributed by atoms with Crippen LogP contribution in [0.1, 0.15) is 0 Å². The molecule has 14 heavy (non-hydrogen) atoms. The molecule has 0 radical (unpaired) electrons. The van der Waals surface area contributed by atoms with Gasteiger partial charge in [-0.15, -0.1) is 0 Å². The minimum Gasteiger partial charge on any atom is -0.481 e. The molecule has 0 aromatic heterocycles. The number of benzene rings is 1. The lowest BCUT2D eigenvalue weighted by molar-refractivity contribution is 0.145. The number of aliphatic hydroxyl groups excluding tert-OH is 1. The highest BCUT2D eigenvalue weighted by molar-refractivity contribution is 5.25. The van der Waals surface area contributed by atoms with E-state index in [1.54, 1.807) is 0 Å². The molecule has 0 aliphatic rings. The topological polar surface area (TPSA) is 29.5 Å². The zero-order chi connectivity index (χ0) is 10.6. The van der Waals surface area contributed by atoms with Gasteiger partial charge in [0.25, 0.3) is 0 Å². The van der Waals surface area contributed by atoms with E-state index >= 15 is 0 Å². The average Bonchev–Trinajstić information content (AvgIpc) is 2.17. The predicted molar refractivity (Wildman–Crippen MR) is 48.1 cm³/mol. The van der Waals surface area contributed by atoms with Gasteiger partial charge in [0.05, 0.1) is 6.61 Å². The van der Waals surface area contributed by atoms with E-state index in [1.165, 1.54) is 6.08 Å². The molecule has 1 aromatic rings. The smallest absolute Gasteiger partial charge is 0.168 e.